The van der Waals surface area contributed by atoms with Gasteiger partial charge in [-0.3, -0.25) is 9.84 Å². The van der Waals surface area contributed by atoms with Crippen LogP contribution in [0.25, 0.3) is 6.08 Å². The summed E-state index contributed by atoms with van der Waals surface area (Å²) >= 11 is 0. The molecule has 12 nitrogen and oxygen atoms in total. The molecule has 0 bridgehead atoms. The van der Waals surface area contributed by atoms with Crippen molar-refractivity contribution in [2.24, 2.45) is 5.41 Å². The van der Waals surface area contributed by atoms with E-state index in [-0.39, 0.29) is 18.2 Å². The van der Waals surface area contributed by atoms with Gasteiger partial charge < -0.3 is 40.1 Å². The first kappa shape index (κ1) is 36.2. The van der Waals surface area contributed by atoms with Crippen LogP contribution in [0.3, 0.4) is 0 Å². The lowest BCUT2D eigenvalue weighted by Gasteiger charge is -2.48. The lowest BCUT2D eigenvalue weighted by Crippen LogP contribution is -2.69. The number of piperidine rings is 1. The first-order valence-electron chi connectivity index (χ1n) is 16.3. The van der Waals surface area contributed by atoms with Crippen LogP contribution in [0.4, 0.5) is 13.2 Å². The van der Waals surface area contributed by atoms with E-state index < -0.39 is 49.1 Å². The normalized spacial score (nSPS) is 27.8. The van der Waals surface area contributed by atoms with Gasteiger partial charge in [-0.1, -0.05) is 44.2 Å². The zero-order chi connectivity index (χ0) is 34.9. The third kappa shape index (κ3) is 7.72. The van der Waals surface area contributed by atoms with E-state index in [0.717, 1.165) is 55.8 Å². The Morgan fingerprint density at radius 1 is 1.19 bits per heavy atom. The molecule has 4 heterocycles. The van der Waals surface area contributed by atoms with E-state index in [1.165, 1.54) is 12.8 Å². The van der Waals surface area contributed by atoms with Crippen molar-refractivity contribution >= 4 is 12.0 Å². The molecule has 3 fully saturated rings. The van der Waals surface area contributed by atoms with E-state index in [4.69, 9.17) is 9.47 Å². The van der Waals surface area contributed by atoms with E-state index in [1.54, 1.807) is 0 Å². The maximum absolute atomic E-state index is 13.3. The lowest BCUT2D eigenvalue weighted by molar-refractivity contribution is -0.427. The first-order chi connectivity index (χ1) is 22.7. The van der Waals surface area contributed by atoms with Gasteiger partial charge in [0.25, 0.3) is 0 Å². The number of carbonyl (C=O) groups is 1. The van der Waals surface area contributed by atoms with Crippen LogP contribution in [0.1, 0.15) is 67.0 Å². The second-order valence-corrected chi connectivity index (χ2v) is 13.4. The van der Waals surface area contributed by atoms with Crippen molar-refractivity contribution in [3.8, 4) is 5.88 Å². The van der Waals surface area contributed by atoms with Gasteiger partial charge in [0, 0.05) is 37.3 Å². The summed E-state index contributed by atoms with van der Waals surface area (Å²) in [5, 5.41) is 51.3. The standard InChI is InChI=1S/C33H45F3N4O8/c1-19(2)25-23(15-22-8-7-21(14-20(22)3)6-4-5-11-40-12-9-31(10-13-40)17-37-18-31)29(39-38-25)47-33(48-30(45)32(34,35)36)28(44)27(43)26(42)24(16-41)46-33/h4,6-8,14,19,24,26-28,37,41-44H,5,9-13,15-18H2,1-3H3,(H,38,39)/b6-4+/t24-,26-,27+,28-,33-/m1/s1. The molecule has 3 saturated heterocycles. The number of hydrogen-bond donors (Lipinski definition) is 6. The van der Waals surface area contributed by atoms with Gasteiger partial charge >= 0.3 is 18.1 Å². The number of aliphatic hydroxyl groups is 4. The first-order valence-corrected chi connectivity index (χ1v) is 16.3. The van der Waals surface area contributed by atoms with E-state index in [0.29, 0.717) is 16.7 Å². The maximum Gasteiger partial charge on any atom is 0.491 e. The fourth-order valence-corrected chi connectivity index (χ4v) is 6.49. The second-order valence-electron chi connectivity index (χ2n) is 13.4. The van der Waals surface area contributed by atoms with Gasteiger partial charge in [0.15, 0.2) is 6.10 Å². The van der Waals surface area contributed by atoms with E-state index in [9.17, 15) is 38.4 Å². The van der Waals surface area contributed by atoms with Crippen molar-refractivity contribution in [1.82, 2.24) is 20.4 Å². The van der Waals surface area contributed by atoms with Gasteiger partial charge in [-0.15, -0.1) is 5.10 Å². The Kier molecular flexibility index (Phi) is 10.9. The summed E-state index contributed by atoms with van der Waals surface area (Å²) in [5.41, 5.74) is 4.20. The molecule has 0 saturated carbocycles. The molecular weight excluding hydrogens is 637 g/mol. The highest BCUT2D eigenvalue weighted by atomic mass is 19.4. The average molecular weight is 683 g/mol. The van der Waals surface area contributed by atoms with E-state index in [1.807, 2.05) is 39.0 Å². The maximum atomic E-state index is 13.3. The number of H-pyrrole nitrogens is 1. The topological polar surface area (TPSA) is 170 Å². The highest BCUT2D eigenvalue weighted by Gasteiger charge is 2.62. The third-order valence-electron chi connectivity index (χ3n) is 9.63. The molecular formula is C33H45F3N4O8. The molecule has 2 aromatic rings. The molecule has 266 valence electrons. The summed E-state index contributed by atoms with van der Waals surface area (Å²) in [7, 11) is 0. The van der Waals surface area contributed by atoms with E-state index in [2.05, 4.69) is 37.3 Å². The minimum absolute atomic E-state index is 0.174. The van der Waals surface area contributed by atoms with Crippen LogP contribution in [-0.2, 0) is 20.7 Å². The summed E-state index contributed by atoms with van der Waals surface area (Å²) in [6.45, 7) is 10.1. The van der Waals surface area contributed by atoms with Crippen molar-refractivity contribution in [3.05, 3.63) is 52.2 Å². The van der Waals surface area contributed by atoms with Crippen LogP contribution >= 0.6 is 0 Å². The molecule has 48 heavy (non-hydrogen) atoms. The van der Waals surface area contributed by atoms with Crippen molar-refractivity contribution in [2.75, 3.05) is 39.3 Å². The molecule has 3 aliphatic rings. The number of aromatic amines is 1. The van der Waals surface area contributed by atoms with Gasteiger partial charge in [0.1, 0.15) is 18.3 Å². The van der Waals surface area contributed by atoms with Crippen LogP contribution in [0.5, 0.6) is 5.88 Å². The molecule has 1 aromatic carbocycles. The number of carbonyl (C=O) groups excluding carboxylic acids is 1. The Bertz CT molecular complexity index is 1450. The molecule has 0 radical (unpaired) electrons. The zero-order valence-corrected chi connectivity index (χ0v) is 27.3. The molecule has 6 N–H and O–H groups in total. The number of ether oxygens (including phenoxy) is 3. The Hall–Kier alpha value is -3.05. The molecule has 0 amide bonds. The number of likely N-dealkylation sites (tertiary alicyclic amines) is 1. The number of benzene rings is 1. The highest BCUT2D eigenvalue weighted by molar-refractivity contribution is 5.76. The van der Waals surface area contributed by atoms with Crippen molar-refractivity contribution in [2.45, 2.75) is 88.9 Å². The molecule has 0 unspecified atom stereocenters. The summed E-state index contributed by atoms with van der Waals surface area (Å²) in [6, 6.07) is 5.88. The molecule has 5 atom stereocenters. The summed E-state index contributed by atoms with van der Waals surface area (Å²) in [4.78, 5) is 14.5. The van der Waals surface area contributed by atoms with Crippen LogP contribution in [0.2, 0.25) is 0 Å². The summed E-state index contributed by atoms with van der Waals surface area (Å²) in [6.07, 6.45) is -6.17. The molecule has 1 aromatic heterocycles. The Morgan fingerprint density at radius 3 is 2.48 bits per heavy atom. The third-order valence-corrected chi connectivity index (χ3v) is 9.63. The Labute approximate surface area is 276 Å². The zero-order valence-electron chi connectivity index (χ0n) is 27.3. The Balaban J connectivity index is 1.33. The van der Waals surface area contributed by atoms with Gasteiger partial charge in [-0.2, -0.15) is 13.2 Å². The number of nitrogens with one attached hydrogen (secondary N) is 2. The fourth-order valence-electron chi connectivity index (χ4n) is 6.49. The van der Waals surface area contributed by atoms with Crippen molar-refractivity contribution in [1.29, 1.82) is 0 Å². The van der Waals surface area contributed by atoms with Crippen molar-refractivity contribution in [3.63, 3.8) is 0 Å². The van der Waals surface area contributed by atoms with Gasteiger partial charge in [-0.05, 0) is 67.3 Å². The Morgan fingerprint density at radius 2 is 1.90 bits per heavy atom. The van der Waals surface area contributed by atoms with Crippen molar-refractivity contribution < 1.29 is 52.6 Å². The van der Waals surface area contributed by atoms with E-state index >= 15 is 0 Å². The van der Waals surface area contributed by atoms with Gasteiger partial charge in [0.2, 0.25) is 5.88 Å². The number of halogens is 3. The molecule has 15 heteroatoms. The SMILES string of the molecule is Cc1cc(/C=C/CCN2CCC3(CC2)CNC3)ccc1Cc1c(O[C@]2(OC(=O)C(F)(F)F)O[C@H](CO)[C@@H](O)[C@H](O)[C@H]2O)n[nH]c1C(C)C. The second kappa shape index (κ2) is 14.4. The number of esters is 1. The number of rotatable bonds is 11. The van der Waals surface area contributed by atoms with Gasteiger partial charge in [-0.25, -0.2) is 4.79 Å². The van der Waals surface area contributed by atoms with Gasteiger partial charge in [0.05, 0.1) is 6.61 Å². The lowest BCUT2D eigenvalue weighted by atomic mass is 9.73. The number of aromatic nitrogens is 2. The summed E-state index contributed by atoms with van der Waals surface area (Å²) in [5.74, 6) is -6.65. The number of nitrogens with zero attached hydrogens (tertiary/aromatic N) is 2. The van der Waals surface area contributed by atoms with Crippen LogP contribution in [0.15, 0.2) is 24.3 Å². The average Bonchev–Trinajstić information content (AvgIpc) is 3.42. The highest BCUT2D eigenvalue weighted by Crippen LogP contribution is 2.39. The smallest absolute Gasteiger partial charge is 0.408 e. The fraction of sp³-hybridized carbons (Fsp3) is 0.636. The number of aryl methyl sites for hydroxylation is 1. The van der Waals surface area contributed by atoms with Crippen LogP contribution < -0.4 is 10.1 Å². The number of alkyl halides is 3. The number of aliphatic hydroxyl groups excluding tert-OH is 4. The largest absolute Gasteiger partial charge is 0.491 e. The minimum Gasteiger partial charge on any atom is -0.408 e. The quantitative estimate of drug-likeness (QED) is 0.152. The predicted molar refractivity (Wildman–Crippen MR) is 167 cm³/mol. The van der Waals surface area contributed by atoms with Crippen LogP contribution in [0, 0.1) is 12.3 Å². The number of hydrogen-bond acceptors (Lipinski definition) is 11. The monoisotopic (exact) mass is 682 g/mol. The molecule has 0 aliphatic carbocycles. The molecule has 1 spiro atoms. The molecule has 3 aliphatic heterocycles. The van der Waals surface area contributed by atoms with Crippen LogP contribution in [-0.4, -0.2) is 117 Å². The summed E-state index contributed by atoms with van der Waals surface area (Å²) < 4.78 is 55.4. The minimum atomic E-state index is -5.54. The predicted octanol–water partition coefficient (Wildman–Crippen LogP) is 2.13. The molecule has 5 rings (SSSR count).